The molecule has 1 saturated heterocycles. The van der Waals surface area contributed by atoms with Crippen molar-refractivity contribution in [3.8, 4) is 0 Å². The Balaban J connectivity index is 2.22. The molecule has 0 bridgehead atoms. The molecule has 0 saturated carbocycles. The first-order valence-corrected chi connectivity index (χ1v) is 8.04. The van der Waals surface area contributed by atoms with Crippen molar-refractivity contribution in [1.29, 1.82) is 0 Å². The van der Waals surface area contributed by atoms with Crippen LogP contribution in [-0.2, 0) is 14.8 Å². The SMILES string of the molecule is CN(C)C(=O)CCNC1CCN(S(C)(=O)=O)CC1. The fourth-order valence-corrected chi connectivity index (χ4v) is 2.87. The van der Waals surface area contributed by atoms with Gasteiger partial charge in [0.15, 0.2) is 0 Å². The van der Waals surface area contributed by atoms with Crippen LogP contribution in [0, 0.1) is 0 Å². The highest BCUT2D eigenvalue weighted by Gasteiger charge is 2.24. The summed E-state index contributed by atoms with van der Waals surface area (Å²) in [6.07, 6.45) is 3.35. The van der Waals surface area contributed by atoms with E-state index in [1.54, 1.807) is 19.0 Å². The van der Waals surface area contributed by atoms with Crippen LogP contribution in [0.2, 0.25) is 0 Å². The van der Waals surface area contributed by atoms with E-state index in [4.69, 9.17) is 0 Å². The number of sulfonamides is 1. The monoisotopic (exact) mass is 277 g/mol. The molecule has 0 radical (unpaired) electrons. The molecule has 0 atom stereocenters. The zero-order valence-corrected chi connectivity index (χ0v) is 12.2. The maximum atomic E-state index is 11.4. The molecule has 7 heteroatoms. The van der Waals surface area contributed by atoms with Gasteiger partial charge in [0.2, 0.25) is 15.9 Å². The summed E-state index contributed by atoms with van der Waals surface area (Å²) in [6.45, 7) is 1.79. The van der Waals surface area contributed by atoms with Crippen LogP contribution in [0.15, 0.2) is 0 Å². The van der Waals surface area contributed by atoms with E-state index in [0.717, 1.165) is 12.8 Å². The highest BCUT2D eigenvalue weighted by Crippen LogP contribution is 2.12. The van der Waals surface area contributed by atoms with Crippen molar-refractivity contribution in [3.63, 3.8) is 0 Å². The predicted octanol–water partition coefficient (Wildman–Crippen LogP) is -0.522. The summed E-state index contributed by atoms with van der Waals surface area (Å²) in [7, 11) is 0.436. The third-order valence-electron chi connectivity index (χ3n) is 3.19. The van der Waals surface area contributed by atoms with Crippen molar-refractivity contribution in [3.05, 3.63) is 0 Å². The minimum absolute atomic E-state index is 0.107. The van der Waals surface area contributed by atoms with Crippen molar-refractivity contribution in [2.24, 2.45) is 0 Å². The van der Waals surface area contributed by atoms with Crippen molar-refractivity contribution < 1.29 is 13.2 Å². The standard InChI is InChI=1S/C11H23N3O3S/c1-13(2)11(15)4-7-12-10-5-8-14(9-6-10)18(3,16)17/h10,12H,4-9H2,1-3H3. The zero-order chi connectivity index (χ0) is 13.8. The van der Waals surface area contributed by atoms with Crippen LogP contribution in [0.25, 0.3) is 0 Å². The van der Waals surface area contributed by atoms with Crippen LogP contribution in [-0.4, -0.2) is 69.6 Å². The molecule has 0 spiro atoms. The van der Waals surface area contributed by atoms with E-state index < -0.39 is 10.0 Å². The highest BCUT2D eigenvalue weighted by molar-refractivity contribution is 7.88. The summed E-state index contributed by atoms with van der Waals surface area (Å²) in [5.74, 6) is 0.107. The predicted molar refractivity (Wildman–Crippen MR) is 70.8 cm³/mol. The second-order valence-corrected chi connectivity index (χ2v) is 6.91. The number of carbonyl (C=O) groups excluding carboxylic acids is 1. The first-order chi connectivity index (χ1) is 8.30. The van der Waals surface area contributed by atoms with Crippen molar-refractivity contribution in [2.75, 3.05) is 40.0 Å². The average Bonchev–Trinajstić information content (AvgIpc) is 2.28. The third-order valence-corrected chi connectivity index (χ3v) is 4.50. The maximum absolute atomic E-state index is 11.4. The molecule has 1 amide bonds. The van der Waals surface area contributed by atoms with Gasteiger partial charge in [0, 0.05) is 46.2 Å². The Labute approximate surface area is 109 Å². The lowest BCUT2D eigenvalue weighted by atomic mass is 10.1. The van der Waals surface area contributed by atoms with Crippen molar-refractivity contribution in [1.82, 2.24) is 14.5 Å². The van der Waals surface area contributed by atoms with Crippen LogP contribution in [0.5, 0.6) is 0 Å². The number of hydrogen-bond donors (Lipinski definition) is 1. The van der Waals surface area contributed by atoms with E-state index in [1.165, 1.54) is 10.6 Å². The summed E-state index contributed by atoms with van der Waals surface area (Å²) in [5, 5.41) is 3.31. The molecule has 6 nitrogen and oxygen atoms in total. The Morgan fingerprint density at radius 3 is 2.33 bits per heavy atom. The fraction of sp³-hybridized carbons (Fsp3) is 0.909. The quantitative estimate of drug-likeness (QED) is 0.734. The van der Waals surface area contributed by atoms with Crippen LogP contribution in [0.4, 0.5) is 0 Å². The number of hydrogen-bond acceptors (Lipinski definition) is 4. The molecule has 1 rings (SSSR count). The van der Waals surface area contributed by atoms with Gasteiger partial charge in [-0.05, 0) is 12.8 Å². The van der Waals surface area contributed by atoms with Gasteiger partial charge in [-0.25, -0.2) is 12.7 Å². The molecule has 1 heterocycles. The van der Waals surface area contributed by atoms with Gasteiger partial charge in [0.05, 0.1) is 6.26 Å². The summed E-state index contributed by atoms with van der Waals surface area (Å²) < 4.78 is 24.2. The Bertz CT molecular complexity index is 373. The minimum atomic E-state index is -3.05. The molecule has 0 aromatic rings. The smallest absolute Gasteiger partial charge is 0.223 e. The number of rotatable bonds is 5. The van der Waals surface area contributed by atoms with Gasteiger partial charge in [-0.2, -0.15) is 0 Å². The average molecular weight is 277 g/mol. The van der Waals surface area contributed by atoms with Crippen molar-refractivity contribution in [2.45, 2.75) is 25.3 Å². The van der Waals surface area contributed by atoms with E-state index >= 15 is 0 Å². The molecular weight excluding hydrogens is 254 g/mol. The number of amides is 1. The lowest BCUT2D eigenvalue weighted by Crippen LogP contribution is -2.45. The molecule has 0 unspecified atom stereocenters. The van der Waals surface area contributed by atoms with Gasteiger partial charge < -0.3 is 10.2 Å². The van der Waals surface area contributed by atoms with Gasteiger partial charge in [-0.1, -0.05) is 0 Å². The van der Waals surface area contributed by atoms with Crippen molar-refractivity contribution >= 4 is 15.9 Å². The Morgan fingerprint density at radius 2 is 1.89 bits per heavy atom. The summed E-state index contributed by atoms with van der Waals surface area (Å²) in [4.78, 5) is 12.9. The first-order valence-electron chi connectivity index (χ1n) is 6.19. The van der Waals surface area contributed by atoms with Crippen LogP contribution < -0.4 is 5.32 Å². The van der Waals surface area contributed by atoms with E-state index in [-0.39, 0.29) is 5.91 Å². The molecular formula is C11H23N3O3S. The molecule has 18 heavy (non-hydrogen) atoms. The number of piperidine rings is 1. The van der Waals surface area contributed by atoms with E-state index in [9.17, 15) is 13.2 Å². The maximum Gasteiger partial charge on any atom is 0.223 e. The van der Waals surface area contributed by atoms with Gasteiger partial charge >= 0.3 is 0 Å². The number of carbonyl (C=O) groups is 1. The topological polar surface area (TPSA) is 69.7 Å². The van der Waals surface area contributed by atoms with E-state index in [0.29, 0.717) is 32.1 Å². The zero-order valence-electron chi connectivity index (χ0n) is 11.3. The molecule has 1 aliphatic rings. The molecule has 1 N–H and O–H groups in total. The van der Waals surface area contributed by atoms with E-state index in [1.807, 2.05) is 0 Å². The van der Waals surface area contributed by atoms with Crippen LogP contribution >= 0.6 is 0 Å². The largest absolute Gasteiger partial charge is 0.349 e. The number of nitrogens with one attached hydrogen (secondary N) is 1. The van der Waals surface area contributed by atoms with Gasteiger partial charge in [-0.3, -0.25) is 4.79 Å². The molecule has 0 aromatic heterocycles. The summed E-state index contributed by atoms with van der Waals surface area (Å²) in [6, 6.07) is 0.318. The van der Waals surface area contributed by atoms with Gasteiger partial charge in [0.1, 0.15) is 0 Å². The highest BCUT2D eigenvalue weighted by atomic mass is 32.2. The first kappa shape index (κ1) is 15.4. The Morgan fingerprint density at radius 1 is 1.33 bits per heavy atom. The molecule has 106 valence electrons. The van der Waals surface area contributed by atoms with Gasteiger partial charge in [-0.15, -0.1) is 0 Å². The Kier molecular flexibility index (Phi) is 5.55. The summed E-state index contributed by atoms with van der Waals surface area (Å²) in [5.41, 5.74) is 0. The lowest BCUT2D eigenvalue weighted by molar-refractivity contribution is -0.128. The summed E-state index contributed by atoms with van der Waals surface area (Å²) >= 11 is 0. The van der Waals surface area contributed by atoms with Crippen LogP contribution in [0.3, 0.4) is 0 Å². The van der Waals surface area contributed by atoms with E-state index in [2.05, 4.69) is 5.32 Å². The van der Waals surface area contributed by atoms with Gasteiger partial charge in [0.25, 0.3) is 0 Å². The molecule has 0 aromatic carbocycles. The second-order valence-electron chi connectivity index (χ2n) is 4.93. The number of nitrogens with zero attached hydrogens (tertiary/aromatic N) is 2. The molecule has 0 aliphatic carbocycles. The minimum Gasteiger partial charge on any atom is -0.349 e. The van der Waals surface area contributed by atoms with Crippen LogP contribution in [0.1, 0.15) is 19.3 Å². The normalized spacial score (nSPS) is 18.8. The second kappa shape index (κ2) is 6.49. The molecule has 1 aliphatic heterocycles. The third kappa shape index (κ3) is 4.91. The lowest BCUT2D eigenvalue weighted by Gasteiger charge is -2.30. The fourth-order valence-electron chi connectivity index (χ4n) is 2.00. The Hall–Kier alpha value is -0.660. The molecule has 1 fully saturated rings.